The molecule has 0 saturated carbocycles. The highest BCUT2D eigenvalue weighted by atomic mass is 16.6. The largest absolute Gasteiger partial charge is 0.462 e. The van der Waals surface area contributed by atoms with Crippen LogP contribution in [0.1, 0.15) is 45.7 Å². The molecule has 1 aromatic carbocycles. The molecule has 1 N–H and O–H groups in total. The number of aromatic nitrogens is 3. The third-order valence-electron chi connectivity index (χ3n) is 4.85. The highest BCUT2D eigenvalue weighted by molar-refractivity contribution is 5.97. The summed E-state index contributed by atoms with van der Waals surface area (Å²) in [6, 6.07) is 5.35. The van der Waals surface area contributed by atoms with Gasteiger partial charge >= 0.3 is 5.97 Å². The monoisotopic (exact) mass is 411 g/mol. The minimum Gasteiger partial charge on any atom is -0.462 e. The number of carbonyl (C=O) groups is 2. The maximum atomic E-state index is 12.4. The molecular formula is C21H25N5O4. The number of hydroxylamine groups is 1. The average Bonchev–Trinajstić information content (AvgIpc) is 3.13. The zero-order chi connectivity index (χ0) is 21.8. The fourth-order valence-electron chi connectivity index (χ4n) is 3.42. The van der Waals surface area contributed by atoms with Crippen LogP contribution in [0.3, 0.4) is 0 Å². The van der Waals surface area contributed by atoms with E-state index in [0.29, 0.717) is 30.0 Å². The molecule has 0 spiro atoms. The van der Waals surface area contributed by atoms with Crippen molar-refractivity contribution in [1.82, 2.24) is 20.1 Å². The minimum absolute atomic E-state index is 0.294. The number of carbonyl (C=O) groups excluding carboxylic acids is 2. The van der Waals surface area contributed by atoms with Gasteiger partial charge in [0.15, 0.2) is 5.82 Å². The van der Waals surface area contributed by atoms with E-state index in [2.05, 4.69) is 15.6 Å². The molecule has 3 aromatic rings. The normalized spacial score (nSPS) is 10.8. The van der Waals surface area contributed by atoms with E-state index in [-0.39, 0.29) is 11.9 Å². The number of fused-ring (bicyclic) bond motifs is 1. The Kier molecular flexibility index (Phi) is 6.31. The minimum atomic E-state index is -0.386. The van der Waals surface area contributed by atoms with Gasteiger partial charge in [-0.05, 0) is 43.5 Å². The Morgan fingerprint density at radius 2 is 2.03 bits per heavy atom. The molecule has 2 aromatic heterocycles. The number of esters is 1. The lowest BCUT2D eigenvalue weighted by Gasteiger charge is -2.22. The van der Waals surface area contributed by atoms with E-state index in [9.17, 15) is 9.59 Å². The smallest absolute Gasteiger partial charge is 0.340 e. The lowest BCUT2D eigenvalue weighted by atomic mass is 10.1. The fraction of sp³-hybridized carbons (Fsp3) is 0.333. The molecular weight excluding hydrogens is 386 g/mol. The van der Waals surface area contributed by atoms with Gasteiger partial charge in [-0.2, -0.15) is 5.10 Å². The van der Waals surface area contributed by atoms with E-state index < -0.39 is 0 Å². The van der Waals surface area contributed by atoms with Gasteiger partial charge in [0.1, 0.15) is 11.8 Å². The first-order valence-corrected chi connectivity index (χ1v) is 9.62. The van der Waals surface area contributed by atoms with Gasteiger partial charge in [0, 0.05) is 24.5 Å². The zero-order valence-electron chi connectivity index (χ0n) is 17.7. The lowest BCUT2D eigenvalue weighted by Crippen LogP contribution is -2.22. The van der Waals surface area contributed by atoms with Crippen LogP contribution >= 0.6 is 0 Å². The Labute approximate surface area is 174 Å². The Morgan fingerprint density at radius 3 is 2.70 bits per heavy atom. The third kappa shape index (κ3) is 3.84. The molecule has 158 valence electrons. The van der Waals surface area contributed by atoms with E-state index in [0.717, 1.165) is 22.3 Å². The number of rotatable bonds is 7. The molecule has 0 unspecified atom stereocenters. The van der Waals surface area contributed by atoms with Crippen LogP contribution in [0.25, 0.3) is 5.52 Å². The summed E-state index contributed by atoms with van der Waals surface area (Å²) in [5, 5.41) is 4.27. The van der Waals surface area contributed by atoms with Crippen molar-refractivity contribution in [2.24, 2.45) is 0 Å². The Bertz CT molecular complexity index is 1090. The standard InChI is InChI=1S/C21H25N5O4/c1-6-15-16(21(28)30-7-2)11-26-18(15)19(22-12-23-26)25(4)17-10-14(9-8-13(17)3)20(27)24-29-5/h8-12H,6-7H2,1-5H3,(H,24,27). The van der Waals surface area contributed by atoms with E-state index in [1.807, 2.05) is 31.9 Å². The average molecular weight is 411 g/mol. The quantitative estimate of drug-likeness (QED) is 0.471. The molecule has 0 aliphatic rings. The third-order valence-corrected chi connectivity index (χ3v) is 4.85. The van der Waals surface area contributed by atoms with Crippen molar-refractivity contribution in [1.29, 1.82) is 0 Å². The molecule has 0 aliphatic carbocycles. The van der Waals surface area contributed by atoms with Gasteiger partial charge < -0.3 is 9.64 Å². The van der Waals surface area contributed by atoms with Crippen LogP contribution in [0.5, 0.6) is 0 Å². The number of hydrogen-bond acceptors (Lipinski definition) is 7. The van der Waals surface area contributed by atoms with Crippen molar-refractivity contribution in [2.45, 2.75) is 27.2 Å². The number of nitrogens with zero attached hydrogens (tertiary/aromatic N) is 4. The molecule has 0 radical (unpaired) electrons. The van der Waals surface area contributed by atoms with Crippen molar-refractivity contribution in [2.75, 3.05) is 25.7 Å². The van der Waals surface area contributed by atoms with Gasteiger partial charge in [0.2, 0.25) is 0 Å². The van der Waals surface area contributed by atoms with Gasteiger partial charge in [-0.1, -0.05) is 13.0 Å². The molecule has 0 atom stereocenters. The summed E-state index contributed by atoms with van der Waals surface area (Å²) in [4.78, 5) is 35.7. The number of hydrogen-bond donors (Lipinski definition) is 1. The van der Waals surface area contributed by atoms with Crippen LogP contribution in [-0.4, -0.2) is 47.2 Å². The predicted molar refractivity (Wildman–Crippen MR) is 112 cm³/mol. The molecule has 3 rings (SSSR count). The van der Waals surface area contributed by atoms with E-state index >= 15 is 0 Å². The Balaban J connectivity index is 2.14. The van der Waals surface area contributed by atoms with Gasteiger partial charge in [-0.3, -0.25) is 9.63 Å². The number of benzene rings is 1. The van der Waals surface area contributed by atoms with Crippen LogP contribution < -0.4 is 10.4 Å². The predicted octanol–water partition coefficient (Wildman–Crippen LogP) is 2.84. The molecule has 0 saturated heterocycles. The van der Waals surface area contributed by atoms with Gasteiger partial charge in [0.05, 0.1) is 19.3 Å². The van der Waals surface area contributed by atoms with Crippen molar-refractivity contribution in [3.05, 3.63) is 53.0 Å². The fourth-order valence-corrected chi connectivity index (χ4v) is 3.42. The van der Waals surface area contributed by atoms with Crippen molar-refractivity contribution >= 4 is 28.9 Å². The molecule has 9 nitrogen and oxygen atoms in total. The van der Waals surface area contributed by atoms with Crippen LogP contribution in [0, 0.1) is 6.92 Å². The zero-order valence-corrected chi connectivity index (χ0v) is 17.7. The summed E-state index contributed by atoms with van der Waals surface area (Å²) in [6.45, 7) is 5.98. The Hall–Kier alpha value is -3.46. The first-order valence-electron chi connectivity index (χ1n) is 9.62. The second-order valence-corrected chi connectivity index (χ2v) is 6.67. The maximum Gasteiger partial charge on any atom is 0.340 e. The van der Waals surface area contributed by atoms with Gasteiger partial charge in [0.25, 0.3) is 5.91 Å². The summed E-state index contributed by atoms with van der Waals surface area (Å²) in [5.74, 6) is -0.116. The second kappa shape index (κ2) is 8.91. The summed E-state index contributed by atoms with van der Waals surface area (Å²) >= 11 is 0. The molecule has 2 heterocycles. The van der Waals surface area contributed by atoms with Crippen molar-refractivity contribution in [3.63, 3.8) is 0 Å². The number of amides is 1. The molecule has 1 amide bonds. The number of anilines is 2. The van der Waals surface area contributed by atoms with Crippen LogP contribution in [0.2, 0.25) is 0 Å². The van der Waals surface area contributed by atoms with Gasteiger partial charge in [-0.15, -0.1) is 0 Å². The summed E-state index contributed by atoms with van der Waals surface area (Å²) in [7, 11) is 3.25. The van der Waals surface area contributed by atoms with Crippen LogP contribution in [-0.2, 0) is 16.0 Å². The highest BCUT2D eigenvalue weighted by Crippen LogP contribution is 2.32. The second-order valence-electron chi connectivity index (χ2n) is 6.67. The van der Waals surface area contributed by atoms with Crippen molar-refractivity contribution < 1.29 is 19.2 Å². The molecule has 30 heavy (non-hydrogen) atoms. The van der Waals surface area contributed by atoms with Crippen molar-refractivity contribution in [3.8, 4) is 0 Å². The highest BCUT2D eigenvalue weighted by Gasteiger charge is 2.23. The molecule has 0 bridgehead atoms. The molecule has 0 fully saturated rings. The SMILES string of the molecule is CCOC(=O)c1cn2ncnc(N(C)c3cc(C(=O)NOC)ccc3C)c2c1CC. The van der Waals surface area contributed by atoms with E-state index in [1.54, 1.807) is 29.8 Å². The van der Waals surface area contributed by atoms with E-state index in [4.69, 9.17) is 9.57 Å². The first kappa shape index (κ1) is 21.3. The maximum absolute atomic E-state index is 12.4. The van der Waals surface area contributed by atoms with E-state index in [1.165, 1.54) is 13.4 Å². The number of aryl methyl sites for hydroxylation is 2. The number of ether oxygens (including phenoxy) is 1. The summed E-state index contributed by atoms with van der Waals surface area (Å²) in [5.41, 5.74) is 6.52. The molecule has 0 aliphatic heterocycles. The number of nitrogens with one attached hydrogen (secondary N) is 1. The Morgan fingerprint density at radius 1 is 1.27 bits per heavy atom. The van der Waals surface area contributed by atoms with Gasteiger partial charge in [-0.25, -0.2) is 19.8 Å². The topological polar surface area (TPSA) is 98.1 Å². The van der Waals surface area contributed by atoms with Crippen LogP contribution in [0.15, 0.2) is 30.7 Å². The summed E-state index contributed by atoms with van der Waals surface area (Å²) in [6.07, 6.45) is 3.71. The summed E-state index contributed by atoms with van der Waals surface area (Å²) < 4.78 is 6.84. The molecule has 9 heteroatoms. The van der Waals surface area contributed by atoms with Crippen LogP contribution in [0.4, 0.5) is 11.5 Å². The lowest BCUT2D eigenvalue weighted by molar-refractivity contribution is 0.0522. The first-order chi connectivity index (χ1) is 14.4.